The second-order valence-corrected chi connectivity index (χ2v) is 3.07. The van der Waals surface area contributed by atoms with E-state index in [9.17, 15) is 0 Å². The van der Waals surface area contributed by atoms with Crippen molar-refractivity contribution in [2.75, 3.05) is 5.43 Å². The minimum absolute atomic E-state index is 0.247. The maximum absolute atomic E-state index is 8.90. The van der Waals surface area contributed by atoms with Gasteiger partial charge < -0.3 is 4.74 Å². The van der Waals surface area contributed by atoms with Gasteiger partial charge in [-0.2, -0.15) is 10.2 Å². The van der Waals surface area contributed by atoms with Gasteiger partial charge in [-0.1, -0.05) is 12.1 Å². The molecule has 0 aliphatic carbocycles. The third-order valence-corrected chi connectivity index (χ3v) is 1.98. The molecule has 6 heteroatoms. The normalized spacial score (nSPS) is 9.41. The Morgan fingerprint density at radius 2 is 2.12 bits per heavy atom. The number of ether oxygens (including phenoxy) is 1. The number of aromatic nitrogens is 2. The highest BCUT2D eigenvalue weighted by Gasteiger charge is 2.05. The van der Waals surface area contributed by atoms with Crippen molar-refractivity contribution in [1.82, 2.24) is 9.97 Å². The summed E-state index contributed by atoms with van der Waals surface area (Å²) in [6.07, 6.45) is 1.51. The summed E-state index contributed by atoms with van der Waals surface area (Å²) in [6.45, 7) is 0. The summed E-state index contributed by atoms with van der Waals surface area (Å²) in [5, 5.41) is 8.90. The molecule has 3 N–H and O–H groups in total. The predicted octanol–water partition coefficient (Wildman–Crippen LogP) is 1.43. The number of hydrazine groups is 1. The Labute approximate surface area is 97.7 Å². The molecule has 0 aliphatic heterocycles. The van der Waals surface area contributed by atoms with Crippen molar-refractivity contribution in [3.8, 4) is 17.7 Å². The van der Waals surface area contributed by atoms with Gasteiger partial charge in [-0.05, 0) is 12.1 Å². The molecule has 6 nitrogen and oxygen atoms in total. The van der Waals surface area contributed by atoms with Crippen LogP contribution in [-0.2, 0) is 0 Å². The second-order valence-electron chi connectivity index (χ2n) is 3.07. The number of hydrogen-bond acceptors (Lipinski definition) is 6. The van der Waals surface area contributed by atoms with Crippen LogP contribution >= 0.6 is 0 Å². The molecule has 0 spiro atoms. The van der Waals surface area contributed by atoms with Crippen molar-refractivity contribution in [3.05, 3.63) is 42.1 Å². The first-order valence-corrected chi connectivity index (χ1v) is 4.80. The number of nitrogens with zero attached hydrogens (tertiary/aromatic N) is 3. The molecule has 1 heterocycles. The Balaban J connectivity index is 2.28. The highest BCUT2D eigenvalue weighted by Crippen LogP contribution is 2.23. The zero-order valence-electron chi connectivity index (χ0n) is 8.79. The molecule has 0 amide bonds. The van der Waals surface area contributed by atoms with Gasteiger partial charge in [-0.3, -0.25) is 5.43 Å². The summed E-state index contributed by atoms with van der Waals surface area (Å²) < 4.78 is 5.47. The number of anilines is 1. The Morgan fingerprint density at radius 3 is 2.88 bits per heavy atom. The van der Waals surface area contributed by atoms with Gasteiger partial charge in [-0.25, -0.2) is 10.8 Å². The number of nitriles is 1. The topological polar surface area (TPSA) is 96.8 Å². The first-order valence-electron chi connectivity index (χ1n) is 4.80. The lowest BCUT2D eigenvalue weighted by Crippen LogP contribution is -2.10. The van der Waals surface area contributed by atoms with E-state index in [1.54, 1.807) is 30.3 Å². The number of benzene rings is 1. The molecule has 0 unspecified atom stereocenters. The van der Waals surface area contributed by atoms with Crippen molar-refractivity contribution in [2.45, 2.75) is 0 Å². The van der Waals surface area contributed by atoms with E-state index in [0.29, 0.717) is 17.2 Å². The van der Waals surface area contributed by atoms with Gasteiger partial charge >= 0.3 is 0 Å². The summed E-state index contributed by atoms with van der Waals surface area (Å²) in [6, 6.07) is 10.5. The van der Waals surface area contributed by atoms with E-state index in [1.165, 1.54) is 6.20 Å². The molecule has 0 aliphatic rings. The number of hydrogen-bond donors (Lipinski definition) is 2. The average molecular weight is 227 g/mol. The van der Waals surface area contributed by atoms with Gasteiger partial charge in [0.25, 0.3) is 0 Å². The summed E-state index contributed by atoms with van der Waals surface area (Å²) in [5.74, 6) is 6.19. The van der Waals surface area contributed by atoms with E-state index in [-0.39, 0.29) is 5.95 Å². The maximum atomic E-state index is 8.90. The van der Waals surface area contributed by atoms with E-state index >= 15 is 0 Å². The van der Waals surface area contributed by atoms with Gasteiger partial charge in [0.15, 0.2) is 0 Å². The fourth-order valence-corrected chi connectivity index (χ4v) is 1.23. The number of rotatable bonds is 3. The molecule has 84 valence electrons. The minimum atomic E-state index is 0.247. The number of nitrogens with two attached hydrogens (primary N) is 1. The van der Waals surface area contributed by atoms with Crippen LogP contribution in [-0.4, -0.2) is 9.97 Å². The summed E-state index contributed by atoms with van der Waals surface area (Å²) in [5.41, 5.74) is 2.75. The van der Waals surface area contributed by atoms with Gasteiger partial charge in [-0.15, -0.1) is 0 Å². The van der Waals surface area contributed by atoms with Crippen molar-refractivity contribution in [1.29, 1.82) is 5.26 Å². The minimum Gasteiger partial charge on any atom is -0.437 e. The van der Waals surface area contributed by atoms with Crippen LogP contribution in [0.25, 0.3) is 0 Å². The zero-order chi connectivity index (χ0) is 12.1. The summed E-state index contributed by atoms with van der Waals surface area (Å²) in [4.78, 5) is 7.83. The van der Waals surface area contributed by atoms with Crippen molar-refractivity contribution >= 4 is 5.95 Å². The molecule has 17 heavy (non-hydrogen) atoms. The van der Waals surface area contributed by atoms with E-state index in [1.807, 2.05) is 6.07 Å². The lowest BCUT2D eigenvalue weighted by atomic mass is 10.2. The molecule has 1 aromatic carbocycles. The Kier molecular flexibility index (Phi) is 3.14. The monoisotopic (exact) mass is 227 g/mol. The van der Waals surface area contributed by atoms with Crippen LogP contribution in [0.4, 0.5) is 5.95 Å². The van der Waals surface area contributed by atoms with E-state index in [0.717, 1.165) is 0 Å². The van der Waals surface area contributed by atoms with Crippen LogP contribution in [0.3, 0.4) is 0 Å². The van der Waals surface area contributed by atoms with Crippen LogP contribution < -0.4 is 16.0 Å². The summed E-state index contributed by atoms with van der Waals surface area (Å²) >= 11 is 0. The predicted molar refractivity (Wildman–Crippen MR) is 61.1 cm³/mol. The van der Waals surface area contributed by atoms with Crippen LogP contribution in [0.5, 0.6) is 11.6 Å². The fourth-order valence-electron chi connectivity index (χ4n) is 1.23. The lowest BCUT2D eigenvalue weighted by molar-refractivity contribution is 0.461. The average Bonchev–Trinajstić information content (AvgIpc) is 2.39. The second kappa shape index (κ2) is 4.92. The molecule has 2 aromatic rings. The smallest absolute Gasteiger partial charge is 0.240 e. The molecule has 0 bridgehead atoms. The van der Waals surface area contributed by atoms with Crippen molar-refractivity contribution in [2.24, 2.45) is 5.84 Å². The third kappa shape index (κ3) is 2.48. The van der Waals surface area contributed by atoms with E-state index in [2.05, 4.69) is 15.4 Å². The number of nitrogen functional groups attached to an aromatic ring is 1. The summed E-state index contributed by atoms with van der Waals surface area (Å²) in [7, 11) is 0. The first kappa shape index (κ1) is 10.9. The quantitative estimate of drug-likeness (QED) is 0.608. The maximum Gasteiger partial charge on any atom is 0.240 e. The lowest BCUT2D eigenvalue weighted by Gasteiger charge is -2.06. The molecular weight excluding hydrogens is 218 g/mol. The van der Waals surface area contributed by atoms with Crippen LogP contribution in [0.1, 0.15) is 5.56 Å². The molecule has 1 aromatic heterocycles. The van der Waals surface area contributed by atoms with Gasteiger partial charge in [0.05, 0.1) is 5.56 Å². The first-order chi connectivity index (χ1) is 8.33. The largest absolute Gasteiger partial charge is 0.437 e. The SMILES string of the molecule is N#Cc1ccccc1Oc1ccnc(NN)n1. The van der Waals surface area contributed by atoms with Gasteiger partial charge in [0, 0.05) is 12.3 Å². The highest BCUT2D eigenvalue weighted by atomic mass is 16.5. The molecule has 2 rings (SSSR count). The van der Waals surface area contributed by atoms with E-state index in [4.69, 9.17) is 15.8 Å². The van der Waals surface area contributed by atoms with E-state index < -0.39 is 0 Å². The molecular formula is C11H9N5O. The molecule has 0 saturated heterocycles. The standard InChI is InChI=1S/C11H9N5O/c12-7-8-3-1-2-4-9(8)17-10-5-6-14-11(15-10)16-13/h1-6H,13H2,(H,14,15,16). The zero-order valence-corrected chi connectivity index (χ0v) is 8.79. The Morgan fingerprint density at radius 1 is 1.29 bits per heavy atom. The molecule has 0 radical (unpaired) electrons. The third-order valence-electron chi connectivity index (χ3n) is 1.98. The Hall–Kier alpha value is -2.65. The molecule has 0 saturated carbocycles. The van der Waals surface area contributed by atoms with Crippen LogP contribution in [0, 0.1) is 11.3 Å². The molecule has 0 atom stereocenters. The Bertz CT molecular complexity index is 564. The fraction of sp³-hybridized carbons (Fsp3) is 0. The number of nitrogens with one attached hydrogen (secondary N) is 1. The van der Waals surface area contributed by atoms with Crippen molar-refractivity contribution in [3.63, 3.8) is 0 Å². The molecule has 0 fully saturated rings. The van der Waals surface area contributed by atoms with Gasteiger partial charge in [0.1, 0.15) is 11.8 Å². The van der Waals surface area contributed by atoms with Crippen LogP contribution in [0.15, 0.2) is 36.5 Å². The number of para-hydroxylation sites is 1. The van der Waals surface area contributed by atoms with Gasteiger partial charge in [0.2, 0.25) is 11.8 Å². The van der Waals surface area contributed by atoms with Crippen LogP contribution in [0.2, 0.25) is 0 Å². The van der Waals surface area contributed by atoms with Crippen molar-refractivity contribution < 1.29 is 4.74 Å². The highest BCUT2D eigenvalue weighted by molar-refractivity contribution is 5.44.